The molecule has 0 aliphatic carbocycles. The Hall–Kier alpha value is -1.79. The van der Waals surface area contributed by atoms with E-state index in [0.717, 1.165) is 19.0 Å². The Kier molecular flexibility index (Phi) is 4.22. The number of amides is 1. The summed E-state index contributed by atoms with van der Waals surface area (Å²) in [5.74, 6) is -1.84. The number of benzene rings is 1. The molecule has 2 heterocycles. The van der Waals surface area contributed by atoms with Crippen LogP contribution in [-0.2, 0) is 0 Å². The van der Waals surface area contributed by atoms with Gasteiger partial charge in [0.1, 0.15) is 0 Å². The normalized spacial score (nSPS) is 22.0. The number of hydrogen-bond donors (Lipinski definition) is 1. The molecule has 1 N–H and O–H groups in total. The Balaban J connectivity index is 1.81. The molecule has 1 fully saturated rings. The number of hydrogen-bond acceptors (Lipinski definition) is 3. The van der Waals surface area contributed by atoms with Crippen molar-refractivity contribution in [3.05, 3.63) is 57.8 Å². The maximum Gasteiger partial charge on any atom is 0.261 e. The van der Waals surface area contributed by atoms with Gasteiger partial charge in [-0.05, 0) is 42.6 Å². The minimum atomic E-state index is -0.860. The van der Waals surface area contributed by atoms with E-state index in [2.05, 4.69) is 5.32 Å². The summed E-state index contributed by atoms with van der Waals surface area (Å²) < 4.78 is 26.6. The summed E-state index contributed by atoms with van der Waals surface area (Å²) in [6.07, 6.45) is 0.775. The van der Waals surface area contributed by atoms with Gasteiger partial charge in [-0.25, -0.2) is 8.78 Å². The van der Waals surface area contributed by atoms with E-state index in [1.165, 1.54) is 17.4 Å². The van der Waals surface area contributed by atoms with Crippen molar-refractivity contribution in [2.24, 2.45) is 0 Å². The van der Waals surface area contributed by atoms with Crippen LogP contribution < -0.4 is 5.32 Å². The SMILES string of the molecule is CN1CCC(NC(=O)c2cccs2)C1c1ccc(F)c(F)c1. The standard InChI is InChI=1S/C16H16F2N2OS/c1-20-7-6-13(19-16(21)14-3-2-8-22-14)15(20)10-4-5-11(17)12(18)9-10/h2-5,8-9,13,15H,6-7H2,1H3,(H,19,21). The first-order valence-corrected chi connectivity index (χ1v) is 7.94. The number of thiophene rings is 1. The van der Waals surface area contributed by atoms with Gasteiger partial charge < -0.3 is 5.32 Å². The zero-order chi connectivity index (χ0) is 15.7. The summed E-state index contributed by atoms with van der Waals surface area (Å²) in [5.41, 5.74) is 0.676. The molecule has 1 amide bonds. The fraction of sp³-hybridized carbons (Fsp3) is 0.312. The van der Waals surface area contributed by atoms with Gasteiger partial charge in [-0.1, -0.05) is 12.1 Å². The molecule has 0 spiro atoms. The lowest BCUT2D eigenvalue weighted by Crippen LogP contribution is -2.38. The van der Waals surface area contributed by atoms with Crippen LogP contribution in [0.2, 0.25) is 0 Å². The molecule has 1 aromatic heterocycles. The van der Waals surface area contributed by atoms with E-state index >= 15 is 0 Å². The maximum absolute atomic E-state index is 13.5. The Morgan fingerprint density at radius 3 is 2.82 bits per heavy atom. The predicted molar refractivity (Wildman–Crippen MR) is 81.9 cm³/mol. The highest BCUT2D eigenvalue weighted by Crippen LogP contribution is 2.32. The van der Waals surface area contributed by atoms with Crippen molar-refractivity contribution >= 4 is 17.2 Å². The maximum atomic E-state index is 13.5. The number of likely N-dealkylation sites (N-methyl/N-ethyl adjacent to an activating group) is 1. The third-order valence-corrected chi connectivity index (χ3v) is 4.86. The topological polar surface area (TPSA) is 32.3 Å². The molecule has 1 aliphatic rings. The van der Waals surface area contributed by atoms with E-state index in [4.69, 9.17) is 0 Å². The summed E-state index contributed by atoms with van der Waals surface area (Å²) in [5, 5.41) is 4.86. The fourth-order valence-electron chi connectivity index (χ4n) is 2.93. The molecule has 22 heavy (non-hydrogen) atoms. The molecule has 3 rings (SSSR count). The number of halogens is 2. The number of rotatable bonds is 3. The van der Waals surface area contributed by atoms with Gasteiger partial charge in [0.05, 0.1) is 17.0 Å². The Morgan fingerprint density at radius 1 is 1.32 bits per heavy atom. The third kappa shape index (κ3) is 2.89. The summed E-state index contributed by atoms with van der Waals surface area (Å²) in [7, 11) is 1.92. The lowest BCUT2D eigenvalue weighted by molar-refractivity contribution is 0.0932. The smallest absolute Gasteiger partial charge is 0.261 e. The molecule has 3 nitrogen and oxygen atoms in total. The average Bonchev–Trinajstić information content (AvgIpc) is 3.13. The Bertz CT molecular complexity index is 675. The van der Waals surface area contributed by atoms with Crippen molar-refractivity contribution in [1.29, 1.82) is 0 Å². The Labute approximate surface area is 131 Å². The van der Waals surface area contributed by atoms with Crippen LogP contribution in [0, 0.1) is 11.6 Å². The lowest BCUT2D eigenvalue weighted by atomic mass is 10.00. The molecular weight excluding hydrogens is 306 g/mol. The van der Waals surface area contributed by atoms with Crippen LogP contribution in [0.4, 0.5) is 8.78 Å². The van der Waals surface area contributed by atoms with Crippen molar-refractivity contribution in [2.45, 2.75) is 18.5 Å². The van der Waals surface area contributed by atoms with Gasteiger partial charge in [-0.3, -0.25) is 9.69 Å². The second-order valence-electron chi connectivity index (χ2n) is 5.44. The van der Waals surface area contributed by atoms with E-state index in [1.807, 2.05) is 23.4 Å². The van der Waals surface area contributed by atoms with Gasteiger partial charge in [0, 0.05) is 6.54 Å². The largest absolute Gasteiger partial charge is 0.347 e. The van der Waals surface area contributed by atoms with Gasteiger partial charge in [0.25, 0.3) is 5.91 Å². The predicted octanol–water partition coefficient (Wildman–Crippen LogP) is 3.20. The van der Waals surface area contributed by atoms with Crippen LogP contribution >= 0.6 is 11.3 Å². The molecule has 0 radical (unpaired) electrons. The highest BCUT2D eigenvalue weighted by molar-refractivity contribution is 7.12. The van der Waals surface area contributed by atoms with Gasteiger partial charge in [0.2, 0.25) is 0 Å². The first-order chi connectivity index (χ1) is 10.6. The van der Waals surface area contributed by atoms with Crippen LogP contribution in [0.3, 0.4) is 0 Å². The number of carbonyl (C=O) groups is 1. The van der Waals surface area contributed by atoms with E-state index in [9.17, 15) is 13.6 Å². The monoisotopic (exact) mass is 322 g/mol. The van der Waals surface area contributed by atoms with Crippen molar-refractivity contribution in [3.63, 3.8) is 0 Å². The molecule has 2 atom stereocenters. The second-order valence-corrected chi connectivity index (χ2v) is 6.39. The van der Waals surface area contributed by atoms with Crippen LogP contribution in [0.25, 0.3) is 0 Å². The molecule has 0 bridgehead atoms. The highest BCUT2D eigenvalue weighted by Gasteiger charge is 2.34. The van der Waals surface area contributed by atoms with Crippen molar-refractivity contribution in [1.82, 2.24) is 10.2 Å². The van der Waals surface area contributed by atoms with Gasteiger partial charge in [-0.15, -0.1) is 11.3 Å². The van der Waals surface area contributed by atoms with Crippen LogP contribution in [0.15, 0.2) is 35.7 Å². The average molecular weight is 322 g/mol. The molecule has 1 aliphatic heterocycles. The molecule has 1 aromatic carbocycles. The van der Waals surface area contributed by atoms with Gasteiger partial charge in [-0.2, -0.15) is 0 Å². The molecule has 2 unspecified atom stereocenters. The van der Waals surface area contributed by atoms with E-state index in [1.54, 1.807) is 12.1 Å². The lowest BCUT2D eigenvalue weighted by Gasteiger charge is -2.26. The Morgan fingerprint density at radius 2 is 2.14 bits per heavy atom. The molecule has 2 aromatic rings. The first kappa shape index (κ1) is 15.1. The van der Waals surface area contributed by atoms with Crippen molar-refractivity contribution < 1.29 is 13.6 Å². The molecule has 116 valence electrons. The molecular formula is C16H16F2N2OS. The fourth-order valence-corrected chi connectivity index (χ4v) is 3.56. The third-order valence-electron chi connectivity index (χ3n) is 4.00. The second kappa shape index (κ2) is 6.14. The van der Waals surface area contributed by atoms with Crippen LogP contribution in [0.5, 0.6) is 0 Å². The van der Waals surface area contributed by atoms with Gasteiger partial charge >= 0.3 is 0 Å². The van der Waals surface area contributed by atoms with Crippen LogP contribution in [-0.4, -0.2) is 30.4 Å². The van der Waals surface area contributed by atoms with Gasteiger partial charge in [0.15, 0.2) is 11.6 Å². The van der Waals surface area contributed by atoms with E-state index in [0.29, 0.717) is 10.4 Å². The number of likely N-dealkylation sites (tertiary alicyclic amines) is 1. The first-order valence-electron chi connectivity index (χ1n) is 7.06. The quantitative estimate of drug-likeness (QED) is 0.941. The molecule has 1 saturated heterocycles. The van der Waals surface area contributed by atoms with Crippen LogP contribution in [0.1, 0.15) is 27.7 Å². The van der Waals surface area contributed by atoms with E-state index < -0.39 is 11.6 Å². The highest BCUT2D eigenvalue weighted by atomic mass is 32.1. The zero-order valence-corrected chi connectivity index (χ0v) is 12.9. The summed E-state index contributed by atoms with van der Waals surface area (Å²) in [4.78, 5) is 14.9. The minimum absolute atomic E-state index is 0.121. The summed E-state index contributed by atoms with van der Waals surface area (Å²) >= 11 is 1.38. The molecule has 6 heteroatoms. The zero-order valence-electron chi connectivity index (χ0n) is 12.1. The van der Waals surface area contributed by atoms with Crippen molar-refractivity contribution in [2.75, 3.05) is 13.6 Å². The number of nitrogens with zero attached hydrogens (tertiary/aromatic N) is 1. The van der Waals surface area contributed by atoms with E-state index in [-0.39, 0.29) is 18.0 Å². The molecule has 0 saturated carbocycles. The summed E-state index contributed by atoms with van der Waals surface area (Å²) in [6, 6.07) is 7.25. The number of nitrogens with one attached hydrogen (secondary N) is 1. The number of carbonyl (C=O) groups excluding carboxylic acids is 1. The van der Waals surface area contributed by atoms with Crippen molar-refractivity contribution in [3.8, 4) is 0 Å². The minimum Gasteiger partial charge on any atom is -0.347 e. The summed E-state index contributed by atoms with van der Waals surface area (Å²) in [6.45, 7) is 0.791.